The first-order valence-corrected chi connectivity index (χ1v) is 4.56. The summed E-state index contributed by atoms with van der Waals surface area (Å²) in [5.74, 6) is 0.246. The molecule has 2 N–H and O–H groups in total. The summed E-state index contributed by atoms with van der Waals surface area (Å²) in [4.78, 5) is 11.4. The summed E-state index contributed by atoms with van der Waals surface area (Å²) in [6, 6.07) is 0.695. The molecule has 2 aliphatic heterocycles. The number of hydrogen-bond acceptors (Lipinski definition) is 3. The van der Waals surface area contributed by atoms with E-state index in [1.807, 2.05) is 11.9 Å². The number of carbonyl (C=O) groups excluding carboxylic acids is 1. The second-order valence-electron chi connectivity index (χ2n) is 3.64. The predicted molar refractivity (Wildman–Crippen MR) is 45.3 cm³/mol. The SMILES string of the molecule is CC1CC(=O)N(C2CCNC2)N1. The fourth-order valence-corrected chi connectivity index (χ4v) is 1.88. The number of carbonyl (C=O) groups is 1. The number of hydrogen-bond donors (Lipinski definition) is 2. The van der Waals surface area contributed by atoms with Crippen molar-refractivity contribution >= 4 is 5.91 Å². The molecule has 1 amide bonds. The molecule has 2 saturated heterocycles. The van der Waals surface area contributed by atoms with E-state index in [-0.39, 0.29) is 5.91 Å². The van der Waals surface area contributed by atoms with Gasteiger partial charge in [0.25, 0.3) is 0 Å². The Kier molecular flexibility index (Phi) is 2.02. The summed E-state index contributed by atoms with van der Waals surface area (Å²) in [6.07, 6.45) is 1.72. The molecule has 2 rings (SSSR count). The highest BCUT2D eigenvalue weighted by Crippen LogP contribution is 2.14. The van der Waals surface area contributed by atoms with Crippen LogP contribution in [0.3, 0.4) is 0 Å². The molecular formula is C8H15N3O. The smallest absolute Gasteiger partial charge is 0.238 e. The topological polar surface area (TPSA) is 44.4 Å². The van der Waals surface area contributed by atoms with Gasteiger partial charge in [0.1, 0.15) is 0 Å². The summed E-state index contributed by atoms with van der Waals surface area (Å²) in [5.41, 5.74) is 3.19. The maximum Gasteiger partial charge on any atom is 0.238 e. The second kappa shape index (κ2) is 3.03. The molecule has 0 spiro atoms. The first-order chi connectivity index (χ1) is 5.77. The van der Waals surface area contributed by atoms with Gasteiger partial charge >= 0.3 is 0 Å². The number of hydrazine groups is 1. The number of rotatable bonds is 1. The van der Waals surface area contributed by atoms with Crippen molar-refractivity contribution in [2.24, 2.45) is 0 Å². The molecule has 0 aromatic heterocycles. The Balaban J connectivity index is 1.98. The summed E-state index contributed by atoms with van der Waals surface area (Å²) >= 11 is 0. The van der Waals surface area contributed by atoms with Crippen molar-refractivity contribution in [1.82, 2.24) is 15.8 Å². The van der Waals surface area contributed by atoms with Crippen LogP contribution in [0.5, 0.6) is 0 Å². The number of nitrogens with zero attached hydrogens (tertiary/aromatic N) is 1. The predicted octanol–water partition coefficient (Wildman–Crippen LogP) is -0.526. The molecule has 0 aromatic carbocycles. The largest absolute Gasteiger partial charge is 0.315 e. The third-order valence-electron chi connectivity index (χ3n) is 2.51. The molecule has 2 fully saturated rings. The van der Waals surface area contributed by atoms with E-state index in [1.54, 1.807) is 0 Å². The molecule has 2 aliphatic rings. The highest BCUT2D eigenvalue weighted by molar-refractivity contribution is 5.78. The minimum absolute atomic E-state index is 0.246. The van der Waals surface area contributed by atoms with Crippen LogP contribution in [-0.2, 0) is 4.79 Å². The molecule has 4 heteroatoms. The standard InChI is InChI=1S/C8H15N3O/c1-6-4-8(12)11(10-6)7-2-3-9-5-7/h6-7,9-10H,2-5H2,1H3. The Bertz CT molecular complexity index is 189. The highest BCUT2D eigenvalue weighted by Gasteiger charge is 2.33. The minimum atomic E-state index is 0.246. The summed E-state index contributed by atoms with van der Waals surface area (Å²) in [6.45, 7) is 4.01. The van der Waals surface area contributed by atoms with E-state index in [0.29, 0.717) is 18.5 Å². The molecule has 2 unspecified atom stereocenters. The van der Waals surface area contributed by atoms with Crippen molar-refractivity contribution in [3.63, 3.8) is 0 Å². The molecule has 0 bridgehead atoms. The molecule has 0 radical (unpaired) electrons. The first-order valence-electron chi connectivity index (χ1n) is 4.56. The molecular weight excluding hydrogens is 154 g/mol. The third-order valence-corrected chi connectivity index (χ3v) is 2.51. The molecule has 68 valence electrons. The lowest BCUT2D eigenvalue weighted by Crippen LogP contribution is -2.45. The van der Waals surface area contributed by atoms with Crippen LogP contribution in [0.4, 0.5) is 0 Å². The van der Waals surface area contributed by atoms with Crippen LogP contribution in [0, 0.1) is 0 Å². The molecule has 0 saturated carbocycles. The van der Waals surface area contributed by atoms with Gasteiger partial charge in [-0.2, -0.15) is 0 Å². The van der Waals surface area contributed by atoms with Gasteiger partial charge in [-0.15, -0.1) is 0 Å². The van der Waals surface area contributed by atoms with Gasteiger partial charge < -0.3 is 5.32 Å². The molecule has 0 aromatic rings. The van der Waals surface area contributed by atoms with E-state index in [0.717, 1.165) is 19.5 Å². The zero-order valence-electron chi connectivity index (χ0n) is 7.34. The van der Waals surface area contributed by atoms with Crippen LogP contribution < -0.4 is 10.7 Å². The molecule has 4 nitrogen and oxygen atoms in total. The molecule has 12 heavy (non-hydrogen) atoms. The summed E-state index contributed by atoms with van der Waals surface area (Å²) < 4.78 is 0. The zero-order chi connectivity index (χ0) is 8.55. The van der Waals surface area contributed by atoms with Gasteiger partial charge in [-0.3, -0.25) is 9.80 Å². The Morgan fingerprint density at radius 3 is 2.92 bits per heavy atom. The van der Waals surface area contributed by atoms with Crippen molar-refractivity contribution in [2.75, 3.05) is 13.1 Å². The maximum absolute atomic E-state index is 11.4. The van der Waals surface area contributed by atoms with Gasteiger partial charge in [0.2, 0.25) is 5.91 Å². The lowest BCUT2D eigenvalue weighted by molar-refractivity contribution is -0.131. The maximum atomic E-state index is 11.4. The number of amides is 1. The monoisotopic (exact) mass is 169 g/mol. The molecule has 0 aliphatic carbocycles. The average Bonchev–Trinajstić information content (AvgIpc) is 2.58. The van der Waals surface area contributed by atoms with Crippen molar-refractivity contribution < 1.29 is 4.79 Å². The van der Waals surface area contributed by atoms with E-state index < -0.39 is 0 Å². The second-order valence-corrected chi connectivity index (χ2v) is 3.64. The van der Waals surface area contributed by atoms with Crippen LogP contribution in [0.1, 0.15) is 19.8 Å². The quantitative estimate of drug-likeness (QED) is 0.555. The van der Waals surface area contributed by atoms with Crippen molar-refractivity contribution in [3.8, 4) is 0 Å². The normalized spacial score (nSPS) is 36.4. The number of nitrogens with one attached hydrogen (secondary N) is 2. The van der Waals surface area contributed by atoms with Crippen LogP contribution in [0.2, 0.25) is 0 Å². The Morgan fingerprint density at radius 2 is 2.42 bits per heavy atom. The van der Waals surface area contributed by atoms with Crippen LogP contribution in [-0.4, -0.2) is 36.1 Å². The van der Waals surface area contributed by atoms with Crippen LogP contribution >= 0.6 is 0 Å². The van der Waals surface area contributed by atoms with Gasteiger partial charge in [0.15, 0.2) is 0 Å². The van der Waals surface area contributed by atoms with E-state index in [4.69, 9.17) is 0 Å². The highest BCUT2D eigenvalue weighted by atomic mass is 16.2. The Hall–Kier alpha value is -0.610. The Morgan fingerprint density at radius 1 is 1.58 bits per heavy atom. The summed E-state index contributed by atoms with van der Waals surface area (Å²) in [5, 5.41) is 5.06. The first kappa shape index (κ1) is 8.01. The van der Waals surface area contributed by atoms with E-state index in [1.165, 1.54) is 0 Å². The lowest BCUT2D eigenvalue weighted by atomic mass is 10.2. The minimum Gasteiger partial charge on any atom is -0.315 e. The van der Waals surface area contributed by atoms with Crippen molar-refractivity contribution in [1.29, 1.82) is 0 Å². The lowest BCUT2D eigenvalue weighted by Gasteiger charge is -2.23. The van der Waals surface area contributed by atoms with Crippen LogP contribution in [0.25, 0.3) is 0 Å². The van der Waals surface area contributed by atoms with E-state index in [9.17, 15) is 4.79 Å². The van der Waals surface area contributed by atoms with Gasteiger partial charge in [0, 0.05) is 19.0 Å². The van der Waals surface area contributed by atoms with E-state index in [2.05, 4.69) is 10.7 Å². The molecule has 2 atom stereocenters. The average molecular weight is 169 g/mol. The van der Waals surface area contributed by atoms with Crippen LogP contribution in [0.15, 0.2) is 0 Å². The fraction of sp³-hybridized carbons (Fsp3) is 0.875. The fourth-order valence-electron chi connectivity index (χ4n) is 1.88. The van der Waals surface area contributed by atoms with Gasteiger partial charge in [0.05, 0.1) is 6.04 Å². The van der Waals surface area contributed by atoms with Gasteiger partial charge in [-0.05, 0) is 19.9 Å². The Labute approximate surface area is 72.3 Å². The molecule has 2 heterocycles. The third kappa shape index (κ3) is 1.32. The summed E-state index contributed by atoms with van der Waals surface area (Å²) in [7, 11) is 0. The van der Waals surface area contributed by atoms with E-state index >= 15 is 0 Å². The van der Waals surface area contributed by atoms with Gasteiger partial charge in [-0.1, -0.05) is 0 Å². The van der Waals surface area contributed by atoms with Crippen molar-refractivity contribution in [2.45, 2.75) is 31.8 Å². The van der Waals surface area contributed by atoms with Gasteiger partial charge in [-0.25, -0.2) is 5.43 Å². The van der Waals surface area contributed by atoms with Crippen molar-refractivity contribution in [3.05, 3.63) is 0 Å². The zero-order valence-corrected chi connectivity index (χ0v) is 7.34.